The maximum absolute atomic E-state index is 11.7. The zero-order valence-electron chi connectivity index (χ0n) is 14.9. The summed E-state index contributed by atoms with van der Waals surface area (Å²) in [4.78, 5) is 11.7. The van der Waals surface area contributed by atoms with Crippen LogP contribution in [0.2, 0.25) is 0 Å². The molecular formula is C20H25NO4. The lowest BCUT2D eigenvalue weighted by Crippen LogP contribution is -2.34. The van der Waals surface area contributed by atoms with Gasteiger partial charge in [-0.1, -0.05) is 42.5 Å². The van der Waals surface area contributed by atoms with E-state index in [2.05, 4.69) is 5.32 Å². The number of benzene rings is 2. The van der Waals surface area contributed by atoms with Gasteiger partial charge in [-0.3, -0.25) is 0 Å². The molecule has 0 aromatic heterocycles. The highest BCUT2D eigenvalue weighted by atomic mass is 16.6. The van der Waals surface area contributed by atoms with Crippen LogP contribution >= 0.6 is 0 Å². The summed E-state index contributed by atoms with van der Waals surface area (Å²) < 4.78 is 10.9. The average Bonchev–Trinajstić information content (AvgIpc) is 2.57. The maximum atomic E-state index is 11.7. The lowest BCUT2D eigenvalue weighted by Gasteiger charge is -2.20. The molecule has 1 amide bonds. The van der Waals surface area contributed by atoms with E-state index < -0.39 is 17.8 Å². The van der Waals surface area contributed by atoms with Gasteiger partial charge < -0.3 is 19.9 Å². The molecule has 0 fully saturated rings. The molecule has 0 aliphatic carbocycles. The van der Waals surface area contributed by atoms with Crippen LogP contribution in [0.4, 0.5) is 4.79 Å². The number of ether oxygens (including phenoxy) is 2. The molecule has 0 aliphatic rings. The molecule has 2 aromatic carbocycles. The molecule has 25 heavy (non-hydrogen) atoms. The van der Waals surface area contributed by atoms with Crippen molar-refractivity contribution in [2.24, 2.45) is 0 Å². The normalized spacial score (nSPS) is 12.3. The van der Waals surface area contributed by atoms with E-state index in [0.717, 1.165) is 5.56 Å². The molecule has 1 unspecified atom stereocenters. The van der Waals surface area contributed by atoms with Gasteiger partial charge in [0.1, 0.15) is 18.0 Å². The summed E-state index contributed by atoms with van der Waals surface area (Å²) in [6.07, 6.45) is -1.39. The first-order valence-corrected chi connectivity index (χ1v) is 8.25. The molecule has 0 spiro atoms. The molecule has 1 atom stereocenters. The zero-order chi connectivity index (χ0) is 18.3. The molecule has 5 heteroatoms. The third-order valence-corrected chi connectivity index (χ3v) is 3.33. The van der Waals surface area contributed by atoms with E-state index in [-0.39, 0.29) is 6.54 Å². The number of aliphatic hydroxyl groups excluding tert-OH is 1. The van der Waals surface area contributed by atoms with Crippen LogP contribution in [0.3, 0.4) is 0 Å². The first-order chi connectivity index (χ1) is 11.8. The van der Waals surface area contributed by atoms with Crippen LogP contribution in [-0.4, -0.2) is 23.3 Å². The van der Waals surface area contributed by atoms with Crippen molar-refractivity contribution in [3.8, 4) is 5.75 Å². The van der Waals surface area contributed by atoms with Gasteiger partial charge in [-0.25, -0.2) is 4.79 Å². The Morgan fingerprint density at radius 1 is 1.12 bits per heavy atom. The van der Waals surface area contributed by atoms with Crippen LogP contribution in [0.15, 0.2) is 54.6 Å². The summed E-state index contributed by atoms with van der Waals surface area (Å²) in [6, 6.07) is 17.1. The van der Waals surface area contributed by atoms with Crippen molar-refractivity contribution in [2.75, 3.05) is 6.54 Å². The Balaban J connectivity index is 1.88. The van der Waals surface area contributed by atoms with Gasteiger partial charge in [0.25, 0.3) is 0 Å². The van der Waals surface area contributed by atoms with E-state index in [9.17, 15) is 9.90 Å². The summed E-state index contributed by atoms with van der Waals surface area (Å²) in [5, 5.41) is 12.8. The number of carbonyl (C=O) groups is 1. The first-order valence-electron chi connectivity index (χ1n) is 8.25. The molecule has 2 aromatic rings. The van der Waals surface area contributed by atoms with Crippen LogP contribution < -0.4 is 10.1 Å². The molecule has 2 N–H and O–H groups in total. The molecule has 0 heterocycles. The van der Waals surface area contributed by atoms with Gasteiger partial charge in [0.15, 0.2) is 0 Å². The minimum Gasteiger partial charge on any atom is -0.489 e. The number of nitrogens with one attached hydrogen (secondary N) is 1. The lowest BCUT2D eigenvalue weighted by atomic mass is 10.1. The third kappa shape index (κ3) is 6.85. The standard InChI is InChI=1S/C20H25NO4/c1-20(2,3)25-19(23)21-13-18(22)16-10-7-11-17(12-16)24-14-15-8-5-4-6-9-15/h4-12,18,22H,13-14H2,1-3H3,(H,21,23). The highest BCUT2D eigenvalue weighted by molar-refractivity contribution is 5.67. The monoisotopic (exact) mass is 343 g/mol. The Kier molecular flexibility index (Phi) is 6.42. The SMILES string of the molecule is CC(C)(C)OC(=O)NCC(O)c1cccc(OCc2ccccc2)c1. The minimum absolute atomic E-state index is 0.0665. The highest BCUT2D eigenvalue weighted by Crippen LogP contribution is 2.20. The molecular weight excluding hydrogens is 318 g/mol. The van der Waals surface area contributed by atoms with Gasteiger partial charge in [0.05, 0.1) is 12.6 Å². The van der Waals surface area contributed by atoms with Gasteiger partial charge in [0.2, 0.25) is 0 Å². The molecule has 0 saturated heterocycles. The number of carbonyl (C=O) groups excluding carboxylic acids is 1. The molecule has 0 aliphatic heterocycles. The van der Waals surface area contributed by atoms with Crippen molar-refractivity contribution in [3.05, 3.63) is 65.7 Å². The van der Waals surface area contributed by atoms with E-state index in [0.29, 0.717) is 17.9 Å². The predicted molar refractivity (Wildman–Crippen MR) is 96.4 cm³/mol. The summed E-state index contributed by atoms with van der Waals surface area (Å²) in [5.41, 5.74) is 1.17. The molecule has 2 rings (SSSR count). The Hall–Kier alpha value is -2.53. The van der Waals surface area contributed by atoms with Crippen molar-refractivity contribution < 1.29 is 19.4 Å². The summed E-state index contributed by atoms with van der Waals surface area (Å²) >= 11 is 0. The second-order valence-corrected chi connectivity index (χ2v) is 6.75. The van der Waals surface area contributed by atoms with E-state index in [1.54, 1.807) is 32.9 Å². The van der Waals surface area contributed by atoms with Crippen molar-refractivity contribution in [1.29, 1.82) is 0 Å². The quantitative estimate of drug-likeness (QED) is 0.836. The van der Waals surface area contributed by atoms with Gasteiger partial charge >= 0.3 is 6.09 Å². The van der Waals surface area contributed by atoms with Crippen molar-refractivity contribution in [3.63, 3.8) is 0 Å². The number of aliphatic hydroxyl groups is 1. The fourth-order valence-corrected chi connectivity index (χ4v) is 2.16. The van der Waals surface area contributed by atoms with Crippen molar-refractivity contribution in [2.45, 2.75) is 39.1 Å². The second kappa shape index (κ2) is 8.53. The topological polar surface area (TPSA) is 67.8 Å². The molecule has 0 radical (unpaired) electrons. The zero-order valence-corrected chi connectivity index (χ0v) is 14.9. The fraction of sp³-hybridized carbons (Fsp3) is 0.350. The largest absolute Gasteiger partial charge is 0.489 e. The van der Waals surface area contributed by atoms with Crippen LogP contribution in [0.25, 0.3) is 0 Å². The number of hydrogen-bond donors (Lipinski definition) is 2. The van der Waals surface area contributed by atoms with Gasteiger partial charge in [-0.05, 0) is 44.0 Å². The van der Waals surface area contributed by atoms with Gasteiger partial charge in [-0.2, -0.15) is 0 Å². The van der Waals surface area contributed by atoms with Crippen LogP contribution in [0.1, 0.15) is 38.0 Å². The molecule has 134 valence electrons. The van der Waals surface area contributed by atoms with E-state index in [1.165, 1.54) is 0 Å². The summed E-state index contributed by atoms with van der Waals surface area (Å²) in [5.74, 6) is 0.665. The Morgan fingerprint density at radius 2 is 1.84 bits per heavy atom. The number of amides is 1. The van der Waals surface area contributed by atoms with Gasteiger partial charge in [-0.15, -0.1) is 0 Å². The number of rotatable bonds is 6. The number of hydrogen-bond acceptors (Lipinski definition) is 4. The lowest BCUT2D eigenvalue weighted by molar-refractivity contribution is 0.0491. The maximum Gasteiger partial charge on any atom is 0.407 e. The predicted octanol–water partition coefficient (Wildman–Crippen LogP) is 3.82. The summed E-state index contributed by atoms with van der Waals surface area (Å²) in [7, 11) is 0. The van der Waals surface area contributed by atoms with Crippen LogP contribution in [-0.2, 0) is 11.3 Å². The smallest absolute Gasteiger partial charge is 0.407 e. The number of alkyl carbamates (subject to hydrolysis) is 1. The molecule has 0 bridgehead atoms. The minimum atomic E-state index is -0.840. The Morgan fingerprint density at radius 3 is 2.52 bits per heavy atom. The highest BCUT2D eigenvalue weighted by Gasteiger charge is 2.17. The molecule has 5 nitrogen and oxygen atoms in total. The Labute approximate surface area is 148 Å². The van der Waals surface area contributed by atoms with Crippen LogP contribution in [0.5, 0.6) is 5.75 Å². The van der Waals surface area contributed by atoms with Crippen molar-refractivity contribution >= 4 is 6.09 Å². The van der Waals surface area contributed by atoms with E-state index in [4.69, 9.17) is 9.47 Å². The Bertz CT molecular complexity index is 680. The molecule has 0 saturated carbocycles. The van der Waals surface area contributed by atoms with Crippen molar-refractivity contribution in [1.82, 2.24) is 5.32 Å². The third-order valence-electron chi connectivity index (χ3n) is 3.33. The first kappa shape index (κ1) is 18.8. The summed E-state index contributed by atoms with van der Waals surface area (Å²) in [6.45, 7) is 5.89. The van der Waals surface area contributed by atoms with Gasteiger partial charge in [0, 0.05) is 0 Å². The average molecular weight is 343 g/mol. The van der Waals surface area contributed by atoms with E-state index in [1.807, 2.05) is 42.5 Å². The second-order valence-electron chi connectivity index (χ2n) is 6.75. The fourth-order valence-electron chi connectivity index (χ4n) is 2.16. The van der Waals surface area contributed by atoms with E-state index >= 15 is 0 Å². The van der Waals surface area contributed by atoms with Crippen LogP contribution in [0, 0.1) is 0 Å².